The molecule has 2 aromatic rings. The number of rotatable bonds is 6. The minimum Gasteiger partial charge on any atom is -0.376 e. The lowest BCUT2D eigenvalue weighted by atomic mass is 10.1. The largest absolute Gasteiger partial charge is 0.376 e. The summed E-state index contributed by atoms with van der Waals surface area (Å²) in [5.74, 6) is -0.321. The number of hydrogen-bond acceptors (Lipinski definition) is 3. The van der Waals surface area contributed by atoms with Gasteiger partial charge in [0.25, 0.3) is 5.91 Å². The minimum absolute atomic E-state index is 0.0983. The van der Waals surface area contributed by atoms with E-state index in [1.54, 1.807) is 36.4 Å². The Morgan fingerprint density at radius 2 is 1.96 bits per heavy atom. The lowest BCUT2D eigenvalue weighted by Gasteiger charge is -2.11. The summed E-state index contributed by atoms with van der Waals surface area (Å²) in [6, 6.07) is 14.0. The zero-order valence-electron chi connectivity index (χ0n) is 14.3. The van der Waals surface area contributed by atoms with Crippen LogP contribution in [-0.2, 0) is 16.0 Å². The third kappa shape index (κ3) is 5.31. The van der Waals surface area contributed by atoms with Crippen LogP contribution in [0.25, 0.3) is 0 Å². The molecule has 0 saturated carbocycles. The first-order chi connectivity index (χ1) is 12.6. The number of anilines is 1. The third-order valence-electron chi connectivity index (χ3n) is 4.20. The van der Waals surface area contributed by atoms with Crippen molar-refractivity contribution in [3.05, 3.63) is 64.7 Å². The second-order valence-corrected chi connectivity index (χ2v) is 6.71. The van der Waals surface area contributed by atoms with Crippen LogP contribution >= 0.6 is 11.6 Å². The molecule has 5 nitrogen and oxygen atoms in total. The summed E-state index contributed by atoms with van der Waals surface area (Å²) < 4.78 is 5.50. The van der Waals surface area contributed by atoms with Crippen molar-refractivity contribution in [2.75, 3.05) is 18.5 Å². The van der Waals surface area contributed by atoms with E-state index in [0.717, 1.165) is 25.0 Å². The lowest BCUT2D eigenvalue weighted by molar-refractivity contribution is -0.115. The Labute approximate surface area is 157 Å². The number of carbonyl (C=O) groups is 2. The minimum atomic E-state index is -0.172. The van der Waals surface area contributed by atoms with Crippen LogP contribution in [0.4, 0.5) is 5.69 Å². The summed E-state index contributed by atoms with van der Waals surface area (Å²) in [4.78, 5) is 24.5. The maximum atomic E-state index is 12.3. The van der Waals surface area contributed by atoms with Gasteiger partial charge in [-0.15, -0.1) is 0 Å². The summed E-state index contributed by atoms with van der Waals surface area (Å²) in [5.41, 5.74) is 1.97. The fraction of sp³-hybridized carbons (Fsp3) is 0.300. The number of nitrogens with one attached hydrogen (secondary N) is 2. The van der Waals surface area contributed by atoms with Crippen molar-refractivity contribution in [3.63, 3.8) is 0 Å². The van der Waals surface area contributed by atoms with Crippen molar-refractivity contribution >= 4 is 29.1 Å². The molecule has 0 radical (unpaired) electrons. The number of hydrogen-bond donors (Lipinski definition) is 2. The van der Waals surface area contributed by atoms with Crippen LogP contribution < -0.4 is 10.6 Å². The second-order valence-electron chi connectivity index (χ2n) is 6.28. The average Bonchev–Trinajstić information content (AvgIpc) is 3.15. The molecule has 1 heterocycles. The van der Waals surface area contributed by atoms with Crippen LogP contribution in [-0.4, -0.2) is 31.1 Å². The summed E-state index contributed by atoms with van der Waals surface area (Å²) in [5, 5.41) is 6.33. The Bertz CT molecular complexity index is 771. The van der Waals surface area contributed by atoms with E-state index in [2.05, 4.69) is 10.6 Å². The Hall–Kier alpha value is -2.37. The molecule has 2 aromatic carbocycles. The van der Waals surface area contributed by atoms with E-state index in [1.807, 2.05) is 12.1 Å². The fourth-order valence-corrected chi connectivity index (χ4v) is 2.97. The number of halogens is 1. The molecule has 1 fully saturated rings. The quantitative estimate of drug-likeness (QED) is 0.816. The van der Waals surface area contributed by atoms with Crippen molar-refractivity contribution < 1.29 is 14.3 Å². The Morgan fingerprint density at radius 3 is 2.69 bits per heavy atom. The summed E-state index contributed by atoms with van der Waals surface area (Å²) in [6.07, 6.45) is 2.35. The van der Waals surface area contributed by atoms with E-state index in [-0.39, 0.29) is 24.3 Å². The van der Waals surface area contributed by atoms with Crippen LogP contribution in [0.3, 0.4) is 0 Å². The van der Waals surface area contributed by atoms with Crippen LogP contribution in [0.15, 0.2) is 48.5 Å². The molecule has 2 N–H and O–H groups in total. The van der Waals surface area contributed by atoms with Gasteiger partial charge < -0.3 is 15.4 Å². The van der Waals surface area contributed by atoms with Crippen LogP contribution in [0.2, 0.25) is 5.02 Å². The Morgan fingerprint density at radius 1 is 1.15 bits per heavy atom. The first-order valence-electron chi connectivity index (χ1n) is 8.64. The van der Waals surface area contributed by atoms with Crippen molar-refractivity contribution in [1.29, 1.82) is 0 Å². The number of amides is 2. The molecular weight excluding hydrogens is 352 g/mol. The molecule has 0 aromatic heterocycles. The van der Waals surface area contributed by atoms with Gasteiger partial charge in [-0.05, 0) is 48.7 Å². The van der Waals surface area contributed by atoms with E-state index < -0.39 is 0 Å². The number of benzene rings is 2. The zero-order chi connectivity index (χ0) is 18.4. The summed E-state index contributed by atoms with van der Waals surface area (Å²) >= 11 is 5.85. The SMILES string of the molecule is O=C(Cc1ccc(Cl)cc1)Nc1cccc(C(=O)NCC2CCCO2)c1. The standard InChI is InChI=1S/C20H21ClN2O3/c21-16-8-6-14(7-9-16)11-19(24)23-17-4-1-3-15(12-17)20(25)22-13-18-5-2-10-26-18/h1,3-4,6-9,12,18H,2,5,10-11,13H2,(H,22,25)(H,23,24). The predicted molar refractivity (Wildman–Crippen MR) is 102 cm³/mol. The molecule has 1 aliphatic rings. The summed E-state index contributed by atoms with van der Waals surface area (Å²) in [7, 11) is 0. The molecule has 0 aliphatic carbocycles. The molecule has 1 unspecified atom stereocenters. The van der Waals surface area contributed by atoms with Gasteiger partial charge >= 0.3 is 0 Å². The van der Waals surface area contributed by atoms with E-state index in [9.17, 15) is 9.59 Å². The maximum Gasteiger partial charge on any atom is 0.251 e. The van der Waals surface area contributed by atoms with Crippen molar-refractivity contribution in [1.82, 2.24) is 5.32 Å². The highest BCUT2D eigenvalue weighted by molar-refractivity contribution is 6.30. The average molecular weight is 373 g/mol. The van der Waals surface area contributed by atoms with E-state index >= 15 is 0 Å². The van der Waals surface area contributed by atoms with E-state index in [4.69, 9.17) is 16.3 Å². The summed E-state index contributed by atoms with van der Waals surface area (Å²) in [6.45, 7) is 1.27. The van der Waals surface area contributed by atoms with Gasteiger partial charge in [-0.2, -0.15) is 0 Å². The molecule has 0 spiro atoms. The predicted octanol–water partition coefficient (Wildman–Crippen LogP) is 3.43. The Balaban J connectivity index is 1.55. The van der Waals surface area contributed by atoms with Crippen molar-refractivity contribution in [2.24, 2.45) is 0 Å². The highest BCUT2D eigenvalue weighted by Crippen LogP contribution is 2.14. The maximum absolute atomic E-state index is 12.3. The molecule has 3 rings (SSSR count). The zero-order valence-corrected chi connectivity index (χ0v) is 15.1. The number of carbonyl (C=O) groups excluding carboxylic acids is 2. The molecule has 6 heteroatoms. The van der Waals surface area contributed by atoms with Crippen molar-refractivity contribution in [3.8, 4) is 0 Å². The highest BCUT2D eigenvalue weighted by atomic mass is 35.5. The topological polar surface area (TPSA) is 67.4 Å². The van der Waals surface area contributed by atoms with Crippen LogP contribution in [0, 0.1) is 0 Å². The molecule has 136 valence electrons. The van der Waals surface area contributed by atoms with Gasteiger partial charge in [0.2, 0.25) is 5.91 Å². The fourth-order valence-electron chi connectivity index (χ4n) is 2.84. The smallest absolute Gasteiger partial charge is 0.251 e. The highest BCUT2D eigenvalue weighted by Gasteiger charge is 2.17. The van der Waals surface area contributed by atoms with Gasteiger partial charge in [-0.25, -0.2) is 0 Å². The van der Waals surface area contributed by atoms with Crippen LogP contribution in [0.1, 0.15) is 28.8 Å². The third-order valence-corrected chi connectivity index (χ3v) is 4.45. The van der Waals surface area contributed by atoms with Crippen molar-refractivity contribution in [2.45, 2.75) is 25.4 Å². The van der Waals surface area contributed by atoms with Gasteiger partial charge in [-0.1, -0.05) is 29.8 Å². The molecular formula is C20H21ClN2O3. The van der Waals surface area contributed by atoms with Gasteiger partial charge in [0.15, 0.2) is 0 Å². The number of ether oxygens (including phenoxy) is 1. The monoisotopic (exact) mass is 372 g/mol. The second kappa shape index (κ2) is 8.83. The molecule has 26 heavy (non-hydrogen) atoms. The first-order valence-corrected chi connectivity index (χ1v) is 9.02. The first kappa shape index (κ1) is 18.4. The van der Waals surface area contributed by atoms with E-state index in [1.165, 1.54) is 0 Å². The molecule has 1 atom stereocenters. The molecule has 2 amide bonds. The molecule has 1 saturated heterocycles. The van der Waals surface area contributed by atoms with Crippen LogP contribution in [0.5, 0.6) is 0 Å². The molecule has 0 bridgehead atoms. The molecule has 1 aliphatic heterocycles. The normalized spacial score (nSPS) is 16.3. The van der Waals surface area contributed by atoms with Gasteiger partial charge in [0.05, 0.1) is 12.5 Å². The van der Waals surface area contributed by atoms with Gasteiger partial charge in [-0.3, -0.25) is 9.59 Å². The van der Waals surface area contributed by atoms with Gasteiger partial charge in [0.1, 0.15) is 0 Å². The van der Waals surface area contributed by atoms with Gasteiger partial charge in [0, 0.05) is 29.4 Å². The van der Waals surface area contributed by atoms with E-state index in [0.29, 0.717) is 22.8 Å². The Kier molecular flexibility index (Phi) is 6.26. The lowest BCUT2D eigenvalue weighted by Crippen LogP contribution is -2.31.